The summed E-state index contributed by atoms with van der Waals surface area (Å²) in [5, 5.41) is 15.6. The molecule has 0 radical (unpaired) electrons. The van der Waals surface area contributed by atoms with E-state index < -0.39 is 0 Å². The van der Waals surface area contributed by atoms with Crippen LogP contribution < -0.4 is 5.32 Å². The lowest BCUT2D eigenvalue weighted by Crippen LogP contribution is -2.38. The average Bonchev–Trinajstić information content (AvgIpc) is 3.18. The van der Waals surface area contributed by atoms with Gasteiger partial charge in [-0.25, -0.2) is 9.67 Å². The Morgan fingerprint density at radius 3 is 2.96 bits per heavy atom. The fraction of sp³-hybridized carbons (Fsp3) is 0.375. The maximum atomic E-state index is 12.0. The second-order valence-electron chi connectivity index (χ2n) is 5.65. The molecule has 1 amide bonds. The molecule has 3 rings (SSSR count). The lowest BCUT2D eigenvalue weighted by molar-refractivity contribution is -0.122. The van der Waals surface area contributed by atoms with E-state index in [0.29, 0.717) is 0 Å². The Bertz CT molecular complexity index is 705. The molecule has 1 aromatic heterocycles. The summed E-state index contributed by atoms with van der Waals surface area (Å²) in [5.41, 5.74) is 1.28. The quantitative estimate of drug-likeness (QED) is 0.871. The highest BCUT2D eigenvalue weighted by atomic mass is 16.2. The number of benzene rings is 1. The molecule has 1 saturated heterocycles. The lowest BCUT2D eigenvalue weighted by atomic mass is 10.2. The predicted molar refractivity (Wildman–Crippen MR) is 83.0 cm³/mol. The molecule has 1 aromatic carbocycles. The SMILES string of the molecule is N#Cc1ncn(CC(=O)NC2CCN(Cc3ccccc3)C2)n1. The third kappa shape index (κ3) is 4.14. The van der Waals surface area contributed by atoms with Gasteiger partial charge in [0, 0.05) is 25.7 Å². The Kier molecular flexibility index (Phi) is 4.64. The van der Waals surface area contributed by atoms with E-state index in [-0.39, 0.29) is 24.3 Å². The van der Waals surface area contributed by atoms with Crippen LogP contribution in [0.25, 0.3) is 0 Å². The summed E-state index contributed by atoms with van der Waals surface area (Å²) >= 11 is 0. The van der Waals surface area contributed by atoms with Crippen LogP contribution in [0.2, 0.25) is 0 Å². The van der Waals surface area contributed by atoms with Crippen LogP contribution in [0.4, 0.5) is 0 Å². The molecule has 2 aromatic rings. The van der Waals surface area contributed by atoms with Gasteiger partial charge in [0.1, 0.15) is 18.9 Å². The largest absolute Gasteiger partial charge is 0.350 e. The van der Waals surface area contributed by atoms with Crippen LogP contribution in [-0.4, -0.2) is 44.7 Å². The fourth-order valence-electron chi connectivity index (χ4n) is 2.78. The summed E-state index contributed by atoms with van der Waals surface area (Å²) in [6.07, 6.45) is 2.34. The van der Waals surface area contributed by atoms with E-state index in [1.807, 2.05) is 24.3 Å². The Balaban J connectivity index is 1.46. The van der Waals surface area contributed by atoms with Gasteiger partial charge in [0.05, 0.1) is 0 Å². The minimum absolute atomic E-state index is 0.0766. The molecule has 0 aliphatic carbocycles. The van der Waals surface area contributed by atoms with E-state index in [9.17, 15) is 4.79 Å². The maximum absolute atomic E-state index is 12.0. The molecule has 0 spiro atoms. The van der Waals surface area contributed by atoms with Crippen molar-refractivity contribution in [1.82, 2.24) is 25.0 Å². The predicted octanol–water partition coefficient (Wildman–Crippen LogP) is 0.540. The number of nitrogens with zero attached hydrogens (tertiary/aromatic N) is 5. The molecular formula is C16H18N6O. The highest BCUT2D eigenvalue weighted by Crippen LogP contribution is 2.13. The van der Waals surface area contributed by atoms with E-state index in [1.54, 1.807) is 0 Å². The standard InChI is InChI=1S/C16H18N6O/c17-8-15-18-12-22(20-15)11-16(23)19-14-6-7-21(10-14)9-13-4-2-1-3-5-13/h1-5,12,14H,6-7,9-11H2,(H,19,23). The number of hydrogen-bond donors (Lipinski definition) is 1. The Morgan fingerprint density at radius 1 is 1.39 bits per heavy atom. The normalized spacial score (nSPS) is 17.8. The second kappa shape index (κ2) is 7.03. The van der Waals surface area contributed by atoms with Gasteiger partial charge in [0.25, 0.3) is 5.82 Å². The van der Waals surface area contributed by atoms with Crippen molar-refractivity contribution in [2.24, 2.45) is 0 Å². The molecule has 1 unspecified atom stereocenters. The van der Waals surface area contributed by atoms with Gasteiger partial charge in [-0.15, -0.1) is 5.10 Å². The van der Waals surface area contributed by atoms with Crippen LogP contribution in [0.5, 0.6) is 0 Å². The molecule has 7 heteroatoms. The van der Waals surface area contributed by atoms with Gasteiger partial charge < -0.3 is 5.32 Å². The van der Waals surface area contributed by atoms with Crippen molar-refractivity contribution in [3.63, 3.8) is 0 Å². The van der Waals surface area contributed by atoms with Crippen LogP contribution in [0.1, 0.15) is 17.8 Å². The van der Waals surface area contributed by atoms with Gasteiger partial charge >= 0.3 is 0 Å². The summed E-state index contributed by atoms with van der Waals surface area (Å²) in [4.78, 5) is 18.1. The first-order chi connectivity index (χ1) is 11.2. The summed E-state index contributed by atoms with van der Waals surface area (Å²) in [5.74, 6) is -0.0290. The van der Waals surface area contributed by atoms with Gasteiger partial charge in [-0.2, -0.15) is 5.26 Å². The summed E-state index contributed by atoms with van der Waals surface area (Å²) in [7, 11) is 0. The molecule has 23 heavy (non-hydrogen) atoms. The fourth-order valence-corrected chi connectivity index (χ4v) is 2.78. The minimum atomic E-state index is -0.106. The van der Waals surface area contributed by atoms with Crippen molar-refractivity contribution in [2.75, 3.05) is 13.1 Å². The smallest absolute Gasteiger partial charge is 0.252 e. The molecular weight excluding hydrogens is 292 g/mol. The van der Waals surface area contributed by atoms with Gasteiger partial charge in [-0.1, -0.05) is 30.3 Å². The number of carbonyl (C=O) groups excluding carboxylic acids is 1. The number of rotatable bonds is 5. The number of likely N-dealkylation sites (tertiary alicyclic amines) is 1. The van der Waals surface area contributed by atoms with Crippen molar-refractivity contribution < 1.29 is 4.79 Å². The number of nitrogens with one attached hydrogen (secondary N) is 1. The number of hydrogen-bond acceptors (Lipinski definition) is 5. The van der Waals surface area contributed by atoms with Gasteiger partial charge in [0.2, 0.25) is 5.91 Å². The lowest BCUT2D eigenvalue weighted by Gasteiger charge is -2.16. The first-order valence-electron chi connectivity index (χ1n) is 7.58. The minimum Gasteiger partial charge on any atom is -0.350 e. The van der Waals surface area contributed by atoms with Gasteiger partial charge in [-0.05, 0) is 12.0 Å². The molecule has 118 valence electrons. The van der Waals surface area contributed by atoms with Crippen LogP contribution in [0, 0.1) is 11.3 Å². The monoisotopic (exact) mass is 310 g/mol. The molecule has 7 nitrogen and oxygen atoms in total. The van der Waals surface area contributed by atoms with Crippen LogP contribution in [-0.2, 0) is 17.9 Å². The summed E-state index contributed by atoms with van der Waals surface area (Å²) in [6, 6.07) is 12.3. The molecule has 0 bridgehead atoms. The first-order valence-corrected chi connectivity index (χ1v) is 7.58. The van der Waals surface area contributed by atoms with Gasteiger partial charge in [0.15, 0.2) is 0 Å². The molecule has 1 aliphatic rings. The van der Waals surface area contributed by atoms with E-state index in [1.165, 1.54) is 16.6 Å². The van der Waals surface area contributed by atoms with E-state index in [4.69, 9.17) is 5.26 Å². The zero-order chi connectivity index (χ0) is 16.1. The molecule has 2 heterocycles. The number of amides is 1. The molecule has 1 fully saturated rings. The van der Waals surface area contributed by atoms with E-state index in [2.05, 4.69) is 32.4 Å². The van der Waals surface area contributed by atoms with E-state index >= 15 is 0 Å². The van der Waals surface area contributed by atoms with Crippen molar-refractivity contribution in [1.29, 1.82) is 5.26 Å². The van der Waals surface area contributed by atoms with Crippen LogP contribution in [0.15, 0.2) is 36.7 Å². The van der Waals surface area contributed by atoms with Crippen molar-refractivity contribution in [3.8, 4) is 6.07 Å². The highest BCUT2D eigenvalue weighted by molar-refractivity contribution is 5.76. The van der Waals surface area contributed by atoms with E-state index in [0.717, 1.165) is 26.1 Å². The first kappa shape index (κ1) is 15.2. The van der Waals surface area contributed by atoms with Gasteiger partial charge in [-0.3, -0.25) is 9.69 Å². The molecule has 1 N–H and O–H groups in total. The molecule has 1 aliphatic heterocycles. The number of aromatic nitrogens is 3. The number of carbonyl (C=O) groups is 1. The maximum Gasteiger partial charge on any atom is 0.252 e. The Morgan fingerprint density at radius 2 is 2.22 bits per heavy atom. The highest BCUT2D eigenvalue weighted by Gasteiger charge is 2.23. The topological polar surface area (TPSA) is 86.8 Å². The Hall–Kier alpha value is -2.72. The van der Waals surface area contributed by atoms with Crippen molar-refractivity contribution in [2.45, 2.75) is 25.6 Å². The third-order valence-electron chi connectivity index (χ3n) is 3.83. The Labute approximate surface area is 134 Å². The van der Waals surface area contributed by atoms with Crippen molar-refractivity contribution >= 4 is 5.91 Å². The average molecular weight is 310 g/mol. The molecule has 0 saturated carbocycles. The van der Waals surface area contributed by atoms with Crippen LogP contribution >= 0.6 is 0 Å². The van der Waals surface area contributed by atoms with Crippen molar-refractivity contribution in [3.05, 3.63) is 48.0 Å². The molecule has 1 atom stereocenters. The third-order valence-corrected chi connectivity index (χ3v) is 3.83. The zero-order valence-electron chi connectivity index (χ0n) is 12.7. The zero-order valence-corrected chi connectivity index (χ0v) is 12.7. The second-order valence-corrected chi connectivity index (χ2v) is 5.65. The summed E-state index contributed by atoms with van der Waals surface area (Å²) < 4.78 is 1.38. The summed E-state index contributed by atoms with van der Waals surface area (Å²) in [6.45, 7) is 2.81. The number of nitriles is 1. The van der Waals surface area contributed by atoms with Crippen LogP contribution in [0.3, 0.4) is 0 Å².